The molecule has 1 unspecified atom stereocenters. The molecule has 0 heterocycles. The van der Waals surface area contributed by atoms with Crippen LogP contribution in [0.1, 0.15) is 38.2 Å². The first-order valence-electron chi connectivity index (χ1n) is 7.56. The Bertz CT molecular complexity index is 430. The van der Waals surface area contributed by atoms with Gasteiger partial charge in [-0.25, -0.2) is 0 Å². The first-order valence-corrected chi connectivity index (χ1v) is 7.56. The molecule has 0 aliphatic heterocycles. The second kappa shape index (κ2) is 6.89. The maximum Gasteiger partial charge on any atom is 0.307 e. The van der Waals surface area contributed by atoms with Crippen molar-refractivity contribution < 1.29 is 9.90 Å². The summed E-state index contributed by atoms with van der Waals surface area (Å²) in [6.45, 7) is 5.66. The molecule has 1 saturated carbocycles. The van der Waals surface area contributed by atoms with Crippen LogP contribution in [0.3, 0.4) is 0 Å². The molecule has 0 aromatic heterocycles. The van der Waals surface area contributed by atoms with Gasteiger partial charge in [0.1, 0.15) is 0 Å². The number of hydrogen-bond donors (Lipinski definition) is 2. The van der Waals surface area contributed by atoms with Gasteiger partial charge in [0.05, 0.1) is 5.92 Å². The Labute approximate surface area is 121 Å². The number of carbonyl (C=O) groups is 1. The molecule has 1 aliphatic carbocycles. The van der Waals surface area contributed by atoms with Crippen LogP contribution in [0.2, 0.25) is 0 Å². The summed E-state index contributed by atoms with van der Waals surface area (Å²) in [5.41, 5.74) is 1.41. The predicted octanol–water partition coefficient (Wildman–Crippen LogP) is 3.13. The van der Waals surface area contributed by atoms with Gasteiger partial charge in [-0.1, -0.05) is 44.2 Å². The van der Waals surface area contributed by atoms with Gasteiger partial charge in [0, 0.05) is 6.54 Å². The highest BCUT2D eigenvalue weighted by Crippen LogP contribution is 2.46. The molecule has 1 aliphatic rings. The number of nitrogens with one attached hydrogen (secondary N) is 1. The molecular weight excluding hydrogens is 250 g/mol. The fourth-order valence-electron chi connectivity index (χ4n) is 2.87. The monoisotopic (exact) mass is 275 g/mol. The van der Waals surface area contributed by atoms with Gasteiger partial charge >= 0.3 is 5.97 Å². The lowest BCUT2D eigenvalue weighted by Gasteiger charge is -2.15. The van der Waals surface area contributed by atoms with Crippen molar-refractivity contribution in [1.29, 1.82) is 0 Å². The molecule has 110 valence electrons. The van der Waals surface area contributed by atoms with Crippen molar-refractivity contribution in [3.8, 4) is 0 Å². The van der Waals surface area contributed by atoms with Gasteiger partial charge in [0.2, 0.25) is 0 Å². The first-order chi connectivity index (χ1) is 9.58. The maximum atomic E-state index is 11.2. The van der Waals surface area contributed by atoms with Crippen molar-refractivity contribution in [3.05, 3.63) is 35.9 Å². The third kappa shape index (κ3) is 4.34. The fourth-order valence-corrected chi connectivity index (χ4v) is 2.87. The number of hydrogen-bond acceptors (Lipinski definition) is 2. The van der Waals surface area contributed by atoms with Crippen molar-refractivity contribution in [2.45, 2.75) is 32.6 Å². The summed E-state index contributed by atoms with van der Waals surface area (Å²) >= 11 is 0. The van der Waals surface area contributed by atoms with Crippen LogP contribution < -0.4 is 5.32 Å². The van der Waals surface area contributed by atoms with Crippen molar-refractivity contribution in [1.82, 2.24) is 5.32 Å². The normalized spacial score (nSPS) is 22.8. The fraction of sp³-hybridized carbons (Fsp3) is 0.588. The smallest absolute Gasteiger partial charge is 0.307 e. The molecule has 0 amide bonds. The Morgan fingerprint density at radius 1 is 1.35 bits per heavy atom. The van der Waals surface area contributed by atoms with Crippen molar-refractivity contribution in [2.24, 2.45) is 17.8 Å². The lowest BCUT2D eigenvalue weighted by atomic mass is 9.97. The van der Waals surface area contributed by atoms with Crippen LogP contribution in [0.5, 0.6) is 0 Å². The Hall–Kier alpha value is -1.35. The molecule has 1 aromatic rings. The quantitative estimate of drug-likeness (QED) is 0.766. The topological polar surface area (TPSA) is 49.3 Å². The van der Waals surface area contributed by atoms with Crippen LogP contribution in [0.4, 0.5) is 0 Å². The van der Waals surface area contributed by atoms with Crippen LogP contribution in [0.25, 0.3) is 0 Å². The van der Waals surface area contributed by atoms with Crippen LogP contribution in [0, 0.1) is 17.8 Å². The second-order valence-electron chi connectivity index (χ2n) is 6.34. The van der Waals surface area contributed by atoms with E-state index in [1.54, 1.807) is 0 Å². The number of carboxylic acids is 1. The molecule has 0 radical (unpaired) electrons. The van der Waals surface area contributed by atoms with Crippen LogP contribution in [-0.2, 0) is 4.79 Å². The molecule has 20 heavy (non-hydrogen) atoms. The minimum atomic E-state index is -0.679. The third-order valence-electron chi connectivity index (χ3n) is 4.05. The first kappa shape index (κ1) is 15.0. The van der Waals surface area contributed by atoms with E-state index in [2.05, 4.69) is 43.4 Å². The van der Waals surface area contributed by atoms with E-state index in [0.717, 1.165) is 13.0 Å². The van der Waals surface area contributed by atoms with Crippen LogP contribution >= 0.6 is 0 Å². The molecular formula is C17H25NO2. The molecule has 3 heteroatoms. The molecule has 0 spiro atoms. The predicted molar refractivity (Wildman–Crippen MR) is 80.7 cm³/mol. The Morgan fingerprint density at radius 2 is 2.05 bits per heavy atom. The highest BCUT2D eigenvalue weighted by molar-refractivity contribution is 5.70. The number of rotatable bonds is 8. The molecule has 3 nitrogen and oxygen atoms in total. The molecule has 0 bridgehead atoms. The third-order valence-corrected chi connectivity index (χ3v) is 4.05. The summed E-state index contributed by atoms with van der Waals surface area (Å²) in [7, 11) is 0. The highest BCUT2D eigenvalue weighted by Gasteiger charge is 2.37. The minimum Gasteiger partial charge on any atom is -0.481 e. The number of carboxylic acid groups (broad SMARTS) is 1. The zero-order valence-electron chi connectivity index (χ0n) is 12.4. The zero-order valence-corrected chi connectivity index (χ0v) is 12.4. The SMILES string of the molecule is CC(C)CC(CNC[C@@H]1C[C@H]1c1ccccc1)C(=O)O. The van der Waals surface area contributed by atoms with E-state index < -0.39 is 5.97 Å². The average Bonchev–Trinajstić information content (AvgIpc) is 3.17. The summed E-state index contributed by atoms with van der Waals surface area (Å²) in [6.07, 6.45) is 1.97. The molecule has 0 saturated heterocycles. The van der Waals surface area contributed by atoms with E-state index in [0.29, 0.717) is 24.3 Å². The number of aliphatic carboxylic acids is 1. The van der Waals surface area contributed by atoms with E-state index in [4.69, 9.17) is 0 Å². The largest absolute Gasteiger partial charge is 0.481 e. The Morgan fingerprint density at radius 3 is 2.65 bits per heavy atom. The van der Waals surface area contributed by atoms with E-state index in [-0.39, 0.29) is 5.92 Å². The summed E-state index contributed by atoms with van der Waals surface area (Å²) in [5.74, 6) is 0.824. The highest BCUT2D eigenvalue weighted by atomic mass is 16.4. The van der Waals surface area contributed by atoms with E-state index >= 15 is 0 Å². The summed E-state index contributed by atoms with van der Waals surface area (Å²) < 4.78 is 0. The average molecular weight is 275 g/mol. The molecule has 2 rings (SSSR count). The van der Waals surface area contributed by atoms with Crippen LogP contribution in [-0.4, -0.2) is 24.2 Å². The molecule has 1 aromatic carbocycles. The second-order valence-corrected chi connectivity index (χ2v) is 6.34. The molecule has 2 N–H and O–H groups in total. The van der Waals surface area contributed by atoms with Crippen molar-refractivity contribution in [3.63, 3.8) is 0 Å². The van der Waals surface area contributed by atoms with E-state index in [9.17, 15) is 9.90 Å². The lowest BCUT2D eigenvalue weighted by Crippen LogP contribution is -2.30. The standard InChI is InChI=1S/C17H25NO2/c1-12(2)8-15(17(19)20)11-18-10-14-9-16(14)13-6-4-3-5-7-13/h3-7,12,14-16,18H,8-11H2,1-2H3,(H,19,20)/t14-,15?,16-/m0/s1. The minimum absolute atomic E-state index is 0.260. The Kier molecular flexibility index (Phi) is 5.18. The Balaban J connectivity index is 1.70. The van der Waals surface area contributed by atoms with Gasteiger partial charge in [0.25, 0.3) is 0 Å². The van der Waals surface area contributed by atoms with Crippen LogP contribution in [0.15, 0.2) is 30.3 Å². The lowest BCUT2D eigenvalue weighted by molar-refractivity contribution is -0.142. The molecule has 1 fully saturated rings. The van der Waals surface area contributed by atoms with Crippen molar-refractivity contribution in [2.75, 3.05) is 13.1 Å². The van der Waals surface area contributed by atoms with Gasteiger partial charge in [-0.15, -0.1) is 0 Å². The summed E-state index contributed by atoms with van der Waals surface area (Å²) in [5, 5.41) is 12.5. The van der Waals surface area contributed by atoms with Gasteiger partial charge < -0.3 is 10.4 Å². The summed E-state index contributed by atoms with van der Waals surface area (Å²) in [4.78, 5) is 11.2. The van der Waals surface area contributed by atoms with Gasteiger partial charge in [-0.05, 0) is 42.7 Å². The molecule has 3 atom stereocenters. The number of benzene rings is 1. The van der Waals surface area contributed by atoms with Crippen molar-refractivity contribution >= 4 is 5.97 Å². The van der Waals surface area contributed by atoms with Gasteiger partial charge in [0.15, 0.2) is 0 Å². The van der Waals surface area contributed by atoms with E-state index in [1.807, 2.05) is 6.07 Å². The maximum absolute atomic E-state index is 11.2. The summed E-state index contributed by atoms with van der Waals surface area (Å²) in [6, 6.07) is 10.6. The van der Waals surface area contributed by atoms with Gasteiger partial charge in [-0.3, -0.25) is 4.79 Å². The van der Waals surface area contributed by atoms with Gasteiger partial charge in [-0.2, -0.15) is 0 Å². The van der Waals surface area contributed by atoms with E-state index in [1.165, 1.54) is 12.0 Å². The zero-order chi connectivity index (χ0) is 14.5.